The molecule has 0 aromatic carbocycles. The molecule has 0 unspecified atom stereocenters. The second-order valence-corrected chi connectivity index (χ2v) is 3.98. The van der Waals surface area contributed by atoms with Gasteiger partial charge < -0.3 is 14.6 Å². The van der Waals surface area contributed by atoms with Gasteiger partial charge in [-0.3, -0.25) is 4.79 Å². The minimum Gasteiger partial charge on any atom is -0.465 e. The van der Waals surface area contributed by atoms with E-state index in [4.69, 9.17) is 9.26 Å². The van der Waals surface area contributed by atoms with Crippen molar-refractivity contribution in [2.24, 2.45) is 0 Å². The number of aromatic nitrogens is 1. The van der Waals surface area contributed by atoms with E-state index in [0.717, 1.165) is 29.9 Å². The van der Waals surface area contributed by atoms with E-state index in [9.17, 15) is 4.79 Å². The third kappa shape index (κ3) is 4.56. The van der Waals surface area contributed by atoms with Crippen molar-refractivity contribution in [1.29, 1.82) is 0 Å². The second kappa shape index (κ2) is 7.06. The van der Waals surface area contributed by atoms with E-state index in [0.29, 0.717) is 13.2 Å². The zero-order valence-corrected chi connectivity index (χ0v) is 10.7. The summed E-state index contributed by atoms with van der Waals surface area (Å²) in [6, 6.07) is 0. The van der Waals surface area contributed by atoms with E-state index in [-0.39, 0.29) is 12.5 Å². The standard InChI is InChI=1S/C12H20N2O3/c1-4-5-6-16-12(15)8-13-7-11-9(2)14-17-10(11)3/h13H,4-8H2,1-3H3. The first-order valence-corrected chi connectivity index (χ1v) is 5.93. The molecule has 5 nitrogen and oxygen atoms in total. The average molecular weight is 240 g/mol. The van der Waals surface area contributed by atoms with E-state index >= 15 is 0 Å². The number of hydrogen-bond donors (Lipinski definition) is 1. The molecule has 17 heavy (non-hydrogen) atoms. The van der Waals surface area contributed by atoms with Crippen LogP contribution in [0.5, 0.6) is 0 Å². The summed E-state index contributed by atoms with van der Waals surface area (Å²) in [7, 11) is 0. The number of carbonyl (C=O) groups is 1. The van der Waals surface area contributed by atoms with Gasteiger partial charge in [-0.1, -0.05) is 18.5 Å². The average Bonchev–Trinajstić information content (AvgIpc) is 2.61. The number of ether oxygens (including phenoxy) is 1. The summed E-state index contributed by atoms with van der Waals surface area (Å²) in [6.07, 6.45) is 1.94. The van der Waals surface area contributed by atoms with Gasteiger partial charge in [-0.05, 0) is 20.3 Å². The zero-order chi connectivity index (χ0) is 12.7. The quantitative estimate of drug-likeness (QED) is 0.580. The van der Waals surface area contributed by atoms with E-state index < -0.39 is 0 Å². The SMILES string of the molecule is CCCCOC(=O)CNCc1c(C)noc1C. The molecular formula is C12H20N2O3. The van der Waals surface area contributed by atoms with Gasteiger partial charge in [0.1, 0.15) is 5.76 Å². The van der Waals surface area contributed by atoms with Crippen LogP contribution >= 0.6 is 0 Å². The molecule has 0 saturated carbocycles. The van der Waals surface area contributed by atoms with E-state index in [1.807, 2.05) is 13.8 Å². The maximum Gasteiger partial charge on any atom is 0.319 e. The molecule has 0 aliphatic rings. The molecule has 1 aromatic rings. The fourth-order valence-electron chi connectivity index (χ4n) is 1.43. The molecule has 1 aromatic heterocycles. The van der Waals surface area contributed by atoms with E-state index in [1.54, 1.807) is 0 Å². The summed E-state index contributed by atoms with van der Waals surface area (Å²) in [5, 5.41) is 6.87. The van der Waals surface area contributed by atoms with Gasteiger partial charge in [-0.2, -0.15) is 0 Å². The summed E-state index contributed by atoms with van der Waals surface area (Å²) >= 11 is 0. The van der Waals surface area contributed by atoms with Crippen LogP contribution in [-0.2, 0) is 16.1 Å². The maximum atomic E-state index is 11.3. The number of esters is 1. The molecule has 0 bridgehead atoms. The van der Waals surface area contributed by atoms with Crippen LogP contribution in [0.2, 0.25) is 0 Å². The highest BCUT2D eigenvalue weighted by Gasteiger charge is 2.09. The predicted molar refractivity (Wildman–Crippen MR) is 63.6 cm³/mol. The highest BCUT2D eigenvalue weighted by atomic mass is 16.5. The van der Waals surface area contributed by atoms with Crippen LogP contribution in [0.15, 0.2) is 4.52 Å². The van der Waals surface area contributed by atoms with Crippen molar-refractivity contribution in [3.8, 4) is 0 Å². The molecule has 0 fully saturated rings. The van der Waals surface area contributed by atoms with Crippen molar-refractivity contribution < 1.29 is 14.1 Å². The predicted octanol–water partition coefficient (Wildman–Crippen LogP) is 1.72. The van der Waals surface area contributed by atoms with Crippen LogP contribution in [0.1, 0.15) is 36.8 Å². The highest BCUT2D eigenvalue weighted by molar-refractivity contribution is 5.71. The van der Waals surface area contributed by atoms with Crippen LogP contribution in [0.3, 0.4) is 0 Å². The lowest BCUT2D eigenvalue weighted by atomic mass is 10.2. The summed E-state index contributed by atoms with van der Waals surface area (Å²) in [6.45, 7) is 7.09. The third-order valence-electron chi connectivity index (χ3n) is 2.51. The van der Waals surface area contributed by atoms with Crippen molar-refractivity contribution in [3.05, 3.63) is 17.0 Å². The highest BCUT2D eigenvalue weighted by Crippen LogP contribution is 2.11. The molecule has 1 rings (SSSR count). The van der Waals surface area contributed by atoms with Crippen LogP contribution in [0.4, 0.5) is 0 Å². The summed E-state index contributed by atoms with van der Waals surface area (Å²) in [5.74, 6) is 0.569. The normalized spacial score (nSPS) is 10.5. The number of hydrogen-bond acceptors (Lipinski definition) is 5. The fraction of sp³-hybridized carbons (Fsp3) is 0.667. The minimum atomic E-state index is -0.217. The van der Waals surface area contributed by atoms with Gasteiger partial charge in [0.05, 0.1) is 18.8 Å². The number of nitrogens with one attached hydrogen (secondary N) is 1. The van der Waals surface area contributed by atoms with E-state index in [1.165, 1.54) is 0 Å². The molecular weight excluding hydrogens is 220 g/mol. The van der Waals surface area contributed by atoms with E-state index in [2.05, 4.69) is 17.4 Å². The Morgan fingerprint density at radius 2 is 2.24 bits per heavy atom. The zero-order valence-electron chi connectivity index (χ0n) is 10.7. The summed E-state index contributed by atoms with van der Waals surface area (Å²) < 4.78 is 10.0. The molecule has 0 radical (unpaired) electrons. The Morgan fingerprint density at radius 3 is 2.82 bits per heavy atom. The Balaban J connectivity index is 2.21. The van der Waals surface area contributed by atoms with Crippen molar-refractivity contribution in [2.45, 2.75) is 40.2 Å². The van der Waals surface area contributed by atoms with Gasteiger partial charge in [-0.15, -0.1) is 0 Å². The van der Waals surface area contributed by atoms with Crippen molar-refractivity contribution in [1.82, 2.24) is 10.5 Å². The van der Waals surface area contributed by atoms with Gasteiger partial charge in [0.15, 0.2) is 0 Å². The number of aryl methyl sites for hydroxylation is 2. The van der Waals surface area contributed by atoms with Crippen LogP contribution in [-0.4, -0.2) is 24.3 Å². The molecule has 0 aliphatic heterocycles. The summed E-state index contributed by atoms with van der Waals surface area (Å²) in [4.78, 5) is 11.3. The molecule has 1 N–H and O–H groups in total. The number of nitrogens with zero attached hydrogens (tertiary/aromatic N) is 1. The smallest absolute Gasteiger partial charge is 0.319 e. The molecule has 0 amide bonds. The molecule has 0 saturated heterocycles. The van der Waals surface area contributed by atoms with Crippen molar-refractivity contribution in [3.63, 3.8) is 0 Å². The Hall–Kier alpha value is -1.36. The molecule has 0 atom stereocenters. The second-order valence-electron chi connectivity index (χ2n) is 3.98. The molecule has 1 heterocycles. The number of carbonyl (C=O) groups excluding carboxylic acids is 1. The van der Waals surface area contributed by atoms with Gasteiger partial charge in [0.25, 0.3) is 0 Å². The van der Waals surface area contributed by atoms with Crippen LogP contribution < -0.4 is 5.32 Å². The Morgan fingerprint density at radius 1 is 1.47 bits per heavy atom. The Labute approximate surface area is 102 Å². The molecule has 0 aliphatic carbocycles. The Kier molecular flexibility index (Phi) is 5.69. The maximum absolute atomic E-state index is 11.3. The van der Waals surface area contributed by atoms with Crippen LogP contribution in [0.25, 0.3) is 0 Å². The molecule has 96 valence electrons. The number of unbranched alkanes of at least 4 members (excludes halogenated alkanes) is 1. The first-order valence-electron chi connectivity index (χ1n) is 5.93. The lowest BCUT2D eigenvalue weighted by molar-refractivity contribution is -0.142. The minimum absolute atomic E-state index is 0.216. The summed E-state index contributed by atoms with van der Waals surface area (Å²) in [5.41, 5.74) is 1.86. The first kappa shape index (κ1) is 13.7. The molecule has 5 heteroatoms. The lowest BCUT2D eigenvalue weighted by Crippen LogP contribution is -2.25. The largest absolute Gasteiger partial charge is 0.465 e. The van der Waals surface area contributed by atoms with Gasteiger partial charge >= 0.3 is 5.97 Å². The van der Waals surface area contributed by atoms with Gasteiger partial charge in [0.2, 0.25) is 0 Å². The van der Waals surface area contributed by atoms with Gasteiger partial charge in [0, 0.05) is 12.1 Å². The number of rotatable bonds is 7. The van der Waals surface area contributed by atoms with Gasteiger partial charge in [-0.25, -0.2) is 0 Å². The molecule has 0 spiro atoms. The Bertz CT molecular complexity index is 341. The van der Waals surface area contributed by atoms with Crippen LogP contribution in [0, 0.1) is 13.8 Å². The van der Waals surface area contributed by atoms with Crippen molar-refractivity contribution >= 4 is 5.97 Å². The monoisotopic (exact) mass is 240 g/mol. The van der Waals surface area contributed by atoms with Crippen molar-refractivity contribution in [2.75, 3.05) is 13.2 Å². The fourth-order valence-corrected chi connectivity index (χ4v) is 1.43. The lowest BCUT2D eigenvalue weighted by Gasteiger charge is -2.05. The third-order valence-corrected chi connectivity index (χ3v) is 2.51. The topological polar surface area (TPSA) is 64.4 Å². The first-order chi connectivity index (χ1) is 8.15.